The fraction of sp³-hybridized carbons (Fsp3) is 0.438. The molecule has 1 N–H and O–H groups in total. The first-order chi connectivity index (χ1) is 11.0. The third kappa shape index (κ3) is 3.70. The Morgan fingerprint density at radius 1 is 1.43 bits per heavy atom. The largest absolute Gasteiger partial charge is 0.325 e. The van der Waals surface area contributed by atoms with Gasteiger partial charge in [-0.2, -0.15) is 0 Å². The van der Waals surface area contributed by atoms with Gasteiger partial charge in [-0.15, -0.1) is 10.2 Å². The van der Waals surface area contributed by atoms with Gasteiger partial charge in [0.2, 0.25) is 5.91 Å². The van der Waals surface area contributed by atoms with E-state index in [-0.39, 0.29) is 11.2 Å². The van der Waals surface area contributed by atoms with Crippen LogP contribution in [0.1, 0.15) is 37.1 Å². The van der Waals surface area contributed by atoms with E-state index < -0.39 is 0 Å². The topological polar surface area (TPSA) is 59.8 Å². The van der Waals surface area contributed by atoms with Crippen molar-refractivity contribution < 1.29 is 4.79 Å². The van der Waals surface area contributed by atoms with Gasteiger partial charge in [0.05, 0.1) is 5.25 Å². The Labute approximate surface area is 144 Å². The molecule has 7 heteroatoms. The van der Waals surface area contributed by atoms with Crippen molar-refractivity contribution in [3.63, 3.8) is 0 Å². The van der Waals surface area contributed by atoms with Gasteiger partial charge in [-0.05, 0) is 44.4 Å². The summed E-state index contributed by atoms with van der Waals surface area (Å²) in [5, 5.41) is 12.5. The maximum Gasteiger partial charge on any atom is 0.237 e. The van der Waals surface area contributed by atoms with E-state index >= 15 is 0 Å². The van der Waals surface area contributed by atoms with E-state index in [1.54, 1.807) is 6.07 Å². The molecule has 0 spiro atoms. The minimum absolute atomic E-state index is 0.0728. The van der Waals surface area contributed by atoms with Crippen molar-refractivity contribution in [2.45, 2.75) is 43.0 Å². The zero-order chi connectivity index (χ0) is 16.6. The number of carbonyl (C=O) groups excluding carboxylic acids is 1. The van der Waals surface area contributed by atoms with E-state index in [2.05, 4.69) is 15.5 Å². The lowest BCUT2D eigenvalue weighted by atomic mass is 10.2. The van der Waals surface area contributed by atoms with Gasteiger partial charge in [0.15, 0.2) is 5.16 Å². The molecular weight excluding hydrogens is 332 g/mol. The van der Waals surface area contributed by atoms with Crippen LogP contribution in [-0.2, 0) is 11.8 Å². The van der Waals surface area contributed by atoms with Crippen molar-refractivity contribution in [3.8, 4) is 0 Å². The summed E-state index contributed by atoms with van der Waals surface area (Å²) in [5.74, 6) is 1.49. The van der Waals surface area contributed by atoms with E-state index in [0.29, 0.717) is 10.9 Å². The summed E-state index contributed by atoms with van der Waals surface area (Å²) in [7, 11) is 1.96. The number of nitrogens with one attached hydrogen (secondary N) is 1. The van der Waals surface area contributed by atoms with Crippen LogP contribution in [0, 0.1) is 6.92 Å². The number of nitrogens with zero attached hydrogens (tertiary/aromatic N) is 3. The lowest BCUT2D eigenvalue weighted by Crippen LogP contribution is -2.23. The van der Waals surface area contributed by atoms with Crippen LogP contribution in [0.5, 0.6) is 0 Å². The average molecular weight is 351 g/mol. The monoisotopic (exact) mass is 350 g/mol. The Bertz CT molecular complexity index is 742. The van der Waals surface area contributed by atoms with Gasteiger partial charge < -0.3 is 9.88 Å². The second kappa shape index (κ2) is 6.53. The minimum Gasteiger partial charge on any atom is -0.325 e. The Kier molecular flexibility index (Phi) is 4.64. The van der Waals surface area contributed by atoms with Crippen LogP contribution in [0.2, 0.25) is 5.02 Å². The first kappa shape index (κ1) is 16.3. The van der Waals surface area contributed by atoms with Crippen LogP contribution in [-0.4, -0.2) is 25.9 Å². The standard InChI is InChI=1S/C16H19ClN4OS/c1-9-4-7-12(17)8-13(9)18-15(22)10(2)23-16-20-19-14(21(16)3)11-5-6-11/h4,7-8,10-11H,5-6H2,1-3H3,(H,18,22)/t10-/m0/s1. The van der Waals surface area contributed by atoms with Gasteiger partial charge in [-0.25, -0.2) is 0 Å². The van der Waals surface area contributed by atoms with Crippen LogP contribution in [0.4, 0.5) is 5.69 Å². The number of hydrogen-bond donors (Lipinski definition) is 1. The van der Waals surface area contributed by atoms with Crippen molar-refractivity contribution in [1.82, 2.24) is 14.8 Å². The molecule has 1 aliphatic rings. The normalized spacial score (nSPS) is 15.5. The summed E-state index contributed by atoms with van der Waals surface area (Å²) in [5.41, 5.74) is 1.72. The number of halogens is 1. The molecule has 0 unspecified atom stereocenters. The van der Waals surface area contributed by atoms with Crippen LogP contribution in [0.3, 0.4) is 0 Å². The molecule has 1 amide bonds. The van der Waals surface area contributed by atoms with Crippen molar-refractivity contribution in [1.29, 1.82) is 0 Å². The Morgan fingerprint density at radius 2 is 2.17 bits per heavy atom. The number of thioether (sulfide) groups is 1. The van der Waals surface area contributed by atoms with Crippen molar-refractivity contribution in [3.05, 3.63) is 34.6 Å². The number of carbonyl (C=O) groups is 1. The third-order valence-corrected chi connectivity index (χ3v) is 5.29. The number of amides is 1. The molecule has 0 aliphatic heterocycles. The molecule has 3 rings (SSSR count). The van der Waals surface area contributed by atoms with Gasteiger partial charge in [0, 0.05) is 23.7 Å². The number of aromatic nitrogens is 3. The maximum absolute atomic E-state index is 12.4. The van der Waals surface area contributed by atoms with E-state index in [1.807, 2.05) is 37.6 Å². The van der Waals surface area contributed by atoms with Crippen LogP contribution < -0.4 is 5.32 Å². The molecule has 1 heterocycles. The molecule has 2 aromatic rings. The molecule has 1 atom stereocenters. The van der Waals surface area contributed by atoms with Crippen LogP contribution >= 0.6 is 23.4 Å². The van der Waals surface area contributed by atoms with Crippen molar-refractivity contribution in [2.75, 3.05) is 5.32 Å². The highest BCUT2D eigenvalue weighted by Crippen LogP contribution is 2.39. The van der Waals surface area contributed by atoms with Crippen LogP contribution in [0.15, 0.2) is 23.4 Å². The first-order valence-corrected chi connectivity index (χ1v) is 8.84. The molecule has 1 saturated carbocycles. The molecule has 0 radical (unpaired) electrons. The molecule has 0 bridgehead atoms. The van der Waals surface area contributed by atoms with Gasteiger partial charge >= 0.3 is 0 Å². The Hall–Kier alpha value is -1.53. The second-order valence-electron chi connectivity index (χ2n) is 5.88. The van der Waals surface area contributed by atoms with Crippen molar-refractivity contribution >= 4 is 35.0 Å². The minimum atomic E-state index is -0.275. The number of aryl methyl sites for hydroxylation is 1. The highest BCUT2D eigenvalue weighted by molar-refractivity contribution is 8.00. The average Bonchev–Trinajstić information content (AvgIpc) is 3.29. The lowest BCUT2D eigenvalue weighted by molar-refractivity contribution is -0.115. The summed E-state index contributed by atoms with van der Waals surface area (Å²) in [4.78, 5) is 12.4. The van der Waals surface area contributed by atoms with Gasteiger partial charge in [0.25, 0.3) is 0 Å². The number of anilines is 1. The first-order valence-electron chi connectivity index (χ1n) is 7.58. The summed E-state index contributed by atoms with van der Waals surface area (Å²) in [6, 6.07) is 5.46. The predicted octanol–water partition coefficient (Wildman–Crippen LogP) is 3.77. The molecule has 1 fully saturated rings. The highest BCUT2D eigenvalue weighted by Gasteiger charge is 2.30. The molecule has 0 saturated heterocycles. The summed E-state index contributed by atoms with van der Waals surface area (Å²) in [6.45, 7) is 3.81. The second-order valence-corrected chi connectivity index (χ2v) is 7.63. The number of benzene rings is 1. The Morgan fingerprint density at radius 3 is 2.87 bits per heavy atom. The van der Waals surface area contributed by atoms with Gasteiger partial charge in [-0.3, -0.25) is 4.79 Å². The van der Waals surface area contributed by atoms with Crippen LogP contribution in [0.25, 0.3) is 0 Å². The van der Waals surface area contributed by atoms with E-state index in [1.165, 1.54) is 24.6 Å². The third-order valence-electron chi connectivity index (χ3n) is 3.92. The fourth-order valence-electron chi connectivity index (χ4n) is 2.30. The van der Waals surface area contributed by atoms with E-state index in [9.17, 15) is 4.79 Å². The molecule has 23 heavy (non-hydrogen) atoms. The molecule has 1 aliphatic carbocycles. The predicted molar refractivity (Wildman–Crippen MR) is 93.1 cm³/mol. The molecule has 5 nitrogen and oxygen atoms in total. The zero-order valence-electron chi connectivity index (χ0n) is 13.3. The molecule has 122 valence electrons. The smallest absolute Gasteiger partial charge is 0.237 e. The SMILES string of the molecule is Cc1ccc(Cl)cc1NC(=O)[C@H](C)Sc1nnc(C2CC2)n1C. The molecular formula is C16H19ClN4OS. The van der Waals surface area contributed by atoms with E-state index in [4.69, 9.17) is 11.6 Å². The Balaban J connectivity index is 1.66. The lowest BCUT2D eigenvalue weighted by Gasteiger charge is -2.13. The highest BCUT2D eigenvalue weighted by atomic mass is 35.5. The van der Waals surface area contributed by atoms with E-state index in [0.717, 1.165) is 22.2 Å². The number of hydrogen-bond acceptors (Lipinski definition) is 4. The quantitative estimate of drug-likeness (QED) is 0.834. The molecule has 1 aromatic heterocycles. The van der Waals surface area contributed by atoms with Crippen molar-refractivity contribution in [2.24, 2.45) is 7.05 Å². The summed E-state index contributed by atoms with van der Waals surface area (Å²) < 4.78 is 2.00. The number of rotatable bonds is 5. The van der Waals surface area contributed by atoms with Gasteiger partial charge in [0.1, 0.15) is 5.82 Å². The maximum atomic E-state index is 12.4. The zero-order valence-corrected chi connectivity index (χ0v) is 14.9. The molecule has 1 aromatic carbocycles. The fourth-order valence-corrected chi connectivity index (χ4v) is 3.29. The summed E-state index contributed by atoms with van der Waals surface area (Å²) >= 11 is 7.41. The summed E-state index contributed by atoms with van der Waals surface area (Å²) in [6.07, 6.45) is 2.36. The van der Waals surface area contributed by atoms with Gasteiger partial charge in [-0.1, -0.05) is 29.4 Å².